The first-order valence-electron chi connectivity index (χ1n) is 10.7. The quantitative estimate of drug-likeness (QED) is 0.485. The summed E-state index contributed by atoms with van der Waals surface area (Å²) in [5, 5.41) is 3.54. The first-order chi connectivity index (χ1) is 16.2. The fourth-order valence-electron chi connectivity index (χ4n) is 4.23. The predicted molar refractivity (Wildman–Crippen MR) is 112 cm³/mol. The number of nitrogens with zero attached hydrogens (tertiary/aromatic N) is 2. The molecule has 1 atom stereocenters. The van der Waals surface area contributed by atoms with Gasteiger partial charge < -0.3 is 9.74 Å². The molecule has 2 aromatic carbocycles. The van der Waals surface area contributed by atoms with Gasteiger partial charge in [0.05, 0.1) is 24.4 Å². The Morgan fingerprint density at radius 2 is 1.63 bits per heavy atom. The predicted octanol–water partition coefficient (Wildman–Crippen LogP) is 5.95. The Balaban J connectivity index is 1.55. The Hall–Kier alpha value is -3.11. The van der Waals surface area contributed by atoms with Crippen LogP contribution in [-0.4, -0.2) is 35.8 Å². The van der Waals surface area contributed by atoms with Gasteiger partial charge >= 0.3 is 12.4 Å². The van der Waals surface area contributed by atoms with Crippen molar-refractivity contribution >= 4 is 11.6 Å². The van der Waals surface area contributed by atoms with E-state index in [2.05, 4.69) is 5.16 Å². The van der Waals surface area contributed by atoms with Crippen molar-refractivity contribution in [3.05, 3.63) is 70.8 Å². The molecule has 0 bridgehead atoms. The van der Waals surface area contributed by atoms with Crippen molar-refractivity contribution < 1.29 is 40.4 Å². The third-order valence-corrected chi connectivity index (χ3v) is 6.27. The minimum absolute atomic E-state index is 0.125. The second kappa shape index (κ2) is 8.23. The number of hydrogen-bond acceptors (Lipinski definition) is 3. The van der Waals surface area contributed by atoms with Crippen LogP contribution in [0.5, 0.6) is 0 Å². The molecule has 1 amide bonds. The smallest absolute Gasteiger partial charge is 0.374 e. The molecule has 2 aliphatic heterocycles. The third-order valence-electron chi connectivity index (χ3n) is 6.27. The SMILES string of the molecule is CC(C)C(=O)N1CC(F)(c2ccc(C3=NOC(c4cccc(C(F)(F)F)c4)(C(F)(F)F)C3)cc2)C1. The van der Waals surface area contributed by atoms with Crippen molar-refractivity contribution in [2.24, 2.45) is 11.1 Å². The molecule has 0 saturated carbocycles. The van der Waals surface area contributed by atoms with Crippen molar-refractivity contribution in [2.45, 2.75) is 43.9 Å². The van der Waals surface area contributed by atoms with Gasteiger partial charge in [-0.25, -0.2) is 4.39 Å². The molecule has 1 saturated heterocycles. The molecule has 0 aliphatic carbocycles. The van der Waals surface area contributed by atoms with Crippen LogP contribution in [0, 0.1) is 5.92 Å². The highest BCUT2D eigenvalue weighted by molar-refractivity contribution is 6.01. The molecule has 0 aromatic heterocycles. The fourth-order valence-corrected chi connectivity index (χ4v) is 4.23. The molecular formula is C24H21F7N2O2. The maximum atomic E-state index is 15.2. The van der Waals surface area contributed by atoms with Crippen molar-refractivity contribution in [3.8, 4) is 0 Å². The monoisotopic (exact) mass is 502 g/mol. The van der Waals surface area contributed by atoms with Crippen LogP contribution in [0.2, 0.25) is 0 Å². The van der Waals surface area contributed by atoms with Crippen LogP contribution >= 0.6 is 0 Å². The van der Waals surface area contributed by atoms with Crippen LogP contribution in [0.4, 0.5) is 30.7 Å². The summed E-state index contributed by atoms with van der Waals surface area (Å²) in [5.41, 5.74) is -6.48. The molecule has 4 rings (SSSR count). The van der Waals surface area contributed by atoms with E-state index in [1.165, 1.54) is 29.2 Å². The van der Waals surface area contributed by atoms with Crippen LogP contribution in [0.15, 0.2) is 53.7 Å². The number of oxime groups is 1. The van der Waals surface area contributed by atoms with E-state index in [4.69, 9.17) is 4.84 Å². The van der Waals surface area contributed by atoms with Gasteiger partial charge in [0.15, 0.2) is 5.67 Å². The molecule has 0 spiro atoms. The van der Waals surface area contributed by atoms with Crippen LogP contribution in [0.3, 0.4) is 0 Å². The molecule has 0 radical (unpaired) electrons. The highest BCUT2D eigenvalue weighted by atomic mass is 19.4. The van der Waals surface area contributed by atoms with Crippen molar-refractivity contribution in [2.75, 3.05) is 13.1 Å². The molecule has 4 nitrogen and oxygen atoms in total. The Kier molecular flexibility index (Phi) is 5.88. The lowest BCUT2D eigenvalue weighted by Gasteiger charge is -2.45. The van der Waals surface area contributed by atoms with Crippen LogP contribution in [0.25, 0.3) is 0 Å². The number of likely N-dealkylation sites (tertiary alicyclic amines) is 1. The summed E-state index contributed by atoms with van der Waals surface area (Å²) in [4.78, 5) is 18.2. The van der Waals surface area contributed by atoms with E-state index >= 15 is 4.39 Å². The lowest BCUT2D eigenvalue weighted by Crippen LogP contribution is -2.59. The van der Waals surface area contributed by atoms with E-state index < -0.39 is 41.2 Å². The zero-order chi connectivity index (χ0) is 25.8. The molecule has 2 aliphatic rings. The minimum Gasteiger partial charge on any atom is -0.374 e. The van der Waals surface area contributed by atoms with Gasteiger partial charge in [-0.3, -0.25) is 4.79 Å². The van der Waals surface area contributed by atoms with Crippen LogP contribution in [0.1, 0.15) is 42.5 Å². The molecular weight excluding hydrogens is 481 g/mol. The van der Waals surface area contributed by atoms with Gasteiger partial charge in [-0.1, -0.05) is 55.4 Å². The lowest BCUT2D eigenvalue weighted by atomic mass is 9.84. The molecule has 11 heteroatoms. The summed E-state index contributed by atoms with van der Waals surface area (Å²) >= 11 is 0. The molecule has 2 aromatic rings. The summed E-state index contributed by atoms with van der Waals surface area (Å²) in [5.74, 6) is -0.446. The van der Waals surface area contributed by atoms with Gasteiger partial charge in [-0.05, 0) is 23.3 Å². The number of carbonyl (C=O) groups is 1. The van der Waals surface area contributed by atoms with Gasteiger partial charge in [0.1, 0.15) is 0 Å². The highest BCUT2D eigenvalue weighted by Crippen LogP contribution is 2.49. The maximum absolute atomic E-state index is 15.2. The molecule has 2 heterocycles. The van der Waals surface area contributed by atoms with E-state index in [1.54, 1.807) is 13.8 Å². The lowest BCUT2D eigenvalue weighted by molar-refractivity contribution is -0.276. The summed E-state index contributed by atoms with van der Waals surface area (Å²) in [7, 11) is 0. The van der Waals surface area contributed by atoms with Crippen LogP contribution < -0.4 is 0 Å². The largest absolute Gasteiger partial charge is 0.435 e. The maximum Gasteiger partial charge on any atom is 0.435 e. The van der Waals surface area contributed by atoms with Gasteiger partial charge in [0, 0.05) is 17.9 Å². The van der Waals surface area contributed by atoms with Gasteiger partial charge in [0.25, 0.3) is 5.60 Å². The average Bonchev–Trinajstić information content (AvgIpc) is 3.23. The number of amides is 1. The Labute approximate surface area is 196 Å². The second-order valence-corrected chi connectivity index (χ2v) is 9.10. The standard InChI is InChI=1S/C24H21F7N2O2/c1-14(2)20(34)33-12-21(25,13-33)16-8-6-15(7-9-16)19-11-22(35-32-19,24(29,30)31)17-4-3-5-18(10-17)23(26,27)28/h3-10,14H,11-13H2,1-2H3. The number of hydrogen-bond donors (Lipinski definition) is 0. The highest BCUT2D eigenvalue weighted by Gasteiger charge is 2.62. The van der Waals surface area contributed by atoms with Gasteiger partial charge in [-0.2, -0.15) is 26.3 Å². The molecule has 1 fully saturated rings. The van der Waals surface area contributed by atoms with E-state index in [9.17, 15) is 31.1 Å². The number of carbonyl (C=O) groups excluding carboxylic acids is 1. The topological polar surface area (TPSA) is 41.9 Å². The third kappa shape index (κ3) is 4.36. The van der Waals surface area contributed by atoms with E-state index in [0.717, 1.165) is 12.1 Å². The Morgan fingerprint density at radius 3 is 2.17 bits per heavy atom. The molecule has 0 N–H and O–H groups in total. The molecule has 1 unspecified atom stereocenters. The van der Waals surface area contributed by atoms with Gasteiger partial charge in [0.2, 0.25) is 5.91 Å². The van der Waals surface area contributed by atoms with E-state index in [-0.39, 0.29) is 41.8 Å². The average molecular weight is 502 g/mol. The summed E-state index contributed by atoms with van der Waals surface area (Å²) in [6.07, 6.45) is -10.8. The van der Waals surface area contributed by atoms with Gasteiger partial charge in [-0.15, -0.1) is 0 Å². The normalized spacial score (nSPS) is 22.0. The number of alkyl halides is 7. The van der Waals surface area contributed by atoms with Crippen molar-refractivity contribution in [1.29, 1.82) is 0 Å². The summed E-state index contributed by atoms with van der Waals surface area (Å²) in [6.45, 7) is 3.17. The fraction of sp³-hybridized carbons (Fsp3) is 0.417. The summed E-state index contributed by atoms with van der Waals surface area (Å²) in [6, 6.07) is 8.43. The van der Waals surface area contributed by atoms with Crippen LogP contribution in [-0.2, 0) is 27.1 Å². The molecule has 35 heavy (non-hydrogen) atoms. The summed E-state index contributed by atoms with van der Waals surface area (Å²) < 4.78 is 96.7. The number of rotatable bonds is 4. The minimum atomic E-state index is -5.07. The Morgan fingerprint density at radius 1 is 1.00 bits per heavy atom. The first-order valence-corrected chi connectivity index (χ1v) is 10.7. The molecule has 188 valence electrons. The Bertz CT molecular complexity index is 1150. The zero-order valence-corrected chi connectivity index (χ0v) is 18.7. The first kappa shape index (κ1) is 25.0. The number of benzene rings is 2. The number of halogens is 7. The zero-order valence-electron chi connectivity index (χ0n) is 18.7. The van der Waals surface area contributed by atoms with E-state index in [1.807, 2.05) is 0 Å². The van der Waals surface area contributed by atoms with E-state index in [0.29, 0.717) is 12.1 Å². The van der Waals surface area contributed by atoms with Crippen molar-refractivity contribution in [1.82, 2.24) is 4.90 Å². The van der Waals surface area contributed by atoms with Crippen molar-refractivity contribution in [3.63, 3.8) is 0 Å². The second-order valence-electron chi connectivity index (χ2n) is 9.10.